The molecule has 0 aromatic heterocycles. The zero-order chi connectivity index (χ0) is 22.5. The number of phenolic OH excluding ortho intramolecular Hbond substituents is 2. The number of ether oxygens (including phenoxy) is 2. The first-order valence-electron chi connectivity index (χ1n) is 9.20. The molecule has 8 heteroatoms. The van der Waals surface area contributed by atoms with Gasteiger partial charge < -0.3 is 19.7 Å². The van der Waals surface area contributed by atoms with E-state index in [1.54, 1.807) is 6.07 Å². The molecule has 0 bridgehead atoms. The Morgan fingerprint density at radius 2 is 1.55 bits per heavy atom. The molecule has 158 valence electrons. The molecule has 3 rings (SSSR count). The standard InChI is InChI=1S/C23H20N2O6/c1-13-5-4-6-14(11-13)20-16(8-10-18(27)21(20)31-3)23(29)25-24-22(28)15-7-9-17(26)19(12-15)30-2/h4-12,26-27H,1-3H3. The number of hydrogen-bond donors (Lipinski definition) is 2. The summed E-state index contributed by atoms with van der Waals surface area (Å²) in [5, 5.41) is 26.9. The Morgan fingerprint density at radius 3 is 2.23 bits per heavy atom. The maximum Gasteiger partial charge on any atom is 0.296 e. The molecule has 0 radical (unpaired) electrons. The van der Waals surface area contributed by atoms with Gasteiger partial charge in [0.05, 0.1) is 19.8 Å². The molecule has 0 saturated heterocycles. The van der Waals surface area contributed by atoms with Gasteiger partial charge in [-0.15, -0.1) is 10.2 Å². The number of hydrogen-bond acceptors (Lipinski definition) is 6. The molecule has 0 spiro atoms. The number of benzene rings is 3. The summed E-state index contributed by atoms with van der Waals surface area (Å²) >= 11 is 0. The third kappa shape index (κ3) is 4.53. The fraction of sp³-hybridized carbons (Fsp3) is 0.130. The van der Waals surface area contributed by atoms with Gasteiger partial charge in [0, 0.05) is 11.1 Å². The number of amides is 2. The molecule has 0 unspecified atom stereocenters. The molecule has 8 nitrogen and oxygen atoms in total. The number of phenols is 2. The summed E-state index contributed by atoms with van der Waals surface area (Å²) in [5.74, 6) is -1.63. The van der Waals surface area contributed by atoms with Crippen molar-refractivity contribution in [3.63, 3.8) is 0 Å². The normalized spacial score (nSPS) is 10.8. The van der Waals surface area contributed by atoms with Crippen molar-refractivity contribution in [1.29, 1.82) is 0 Å². The van der Waals surface area contributed by atoms with E-state index < -0.39 is 11.8 Å². The molecule has 0 saturated carbocycles. The number of carbonyl (C=O) groups is 2. The third-order valence-corrected chi connectivity index (χ3v) is 4.54. The van der Waals surface area contributed by atoms with Gasteiger partial charge in [-0.25, -0.2) is 0 Å². The largest absolute Gasteiger partial charge is 0.504 e. The van der Waals surface area contributed by atoms with Crippen LogP contribution in [0.3, 0.4) is 0 Å². The van der Waals surface area contributed by atoms with Crippen LogP contribution in [0.4, 0.5) is 0 Å². The molecule has 31 heavy (non-hydrogen) atoms. The van der Waals surface area contributed by atoms with E-state index in [1.807, 2.05) is 25.1 Å². The number of aromatic hydroxyl groups is 2. The average Bonchev–Trinajstić information content (AvgIpc) is 2.77. The van der Waals surface area contributed by atoms with Gasteiger partial charge in [0.15, 0.2) is 23.0 Å². The fourth-order valence-corrected chi connectivity index (χ4v) is 3.06. The lowest BCUT2D eigenvalue weighted by Gasteiger charge is -2.14. The van der Waals surface area contributed by atoms with Gasteiger partial charge in [-0.3, -0.25) is 9.59 Å². The van der Waals surface area contributed by atoms with E-state index in [0.29, 0.717) is 11.1 Å². The van der Waals surface area contributed by atoms with E-state index in [0.717, 1.165) is 5.56 Å². The Labute approximate surface area is 178 Å². The van der Waals surface area contributed by atoms with Gasteiger partial charge >= 0.3 is 0 Å². The molecule has 0 aliphatic carbocycles. The Morgan fingerprint density at radius 1 is 0.839 bits per heavy atom. The predicted molar refractivity (Wildman–Crippen MR) is 113 cm³/mol. The lowest BCUT2D eigenvalue weighted by Crippen LogP contribution is -2.02. The second kappa shape index (κ2) is 9.08. The molecular formula is C23H20N2O6. The van der Waals surface area contributed by atoms with Crippen molar-refractivity contribution < 1.29 is 29.3 Å². The van der Waals surface area contributed by atoms with Crippen LogP contribution in [0.25, 0.3) is 11.1 Å². The molecule has 3 aromatic rings. The number of carbonyl (C=O) groups excluding carboxylic acids is 2. The Bertz CT molecular complexity index is 1190. The molecule has 0 atom stereocenters. The van der Waals surface area contributed by atoms with Crippen LogP contribution in [-0.4, -0.2) is 36.2 Å². The number of methoxy groups -OCH3 is 2. The van der Waals surface area contributed by atoms with Crippen molar-refractivity contribution in [3.8, 4) is 34.1 Å². The van der Waals surface area contributed by atoms with E-state index >= 15 is 0 Å². The second-order valence-corrected chi connectivity index (χ2v) is 6.61. The first-order chi connectivity index (χ1) is 14.8. The highest BCUT2D eigenvalue weighted by molar-refractivity contribution is 6.04. The van der Waals surface area contributed by atoms with Crippen molar-refractivity contribution in [3.05, 3.63) is 71.3 Å². The smallest absolute Gasteiger partial charge is 0.296 e. The van der Waals surface area contributed by atoms with Gasteiger partial charge in [0.2, 0.25) is 0 Å². The van der Waals surface area contributed by atoms with Crippen LogP contribution in [0.2, 0.25) is 0 Å². The number of nitrogens with zero attached hydrogens (tertiary/aromatic N) is 2. The lowest BCUT2D eigenvalue weighted by atomic mass is 9.96. The van der Waals surface area contributed by atoms with E-state index in [1.165, 1.54) is 44.6 Å². The van der Waals surface area contributed by atoms with Crippen LogP contribution in [0.5, 0.6) is 23.0 Å². The van der Waals surface area contributed by atoms with Crippen molar-refractivity contribution in [2.75, 3.05) is 14.2 Å². The quantitative estimate of drug-likeness (QED) is 0.586. The summed E-state index contributed by atoms with van der Waals surface area (Å²) in [6, 6.07) is 13.9. The highest BCUT2D eigenvalue weighted by atomic mass is 16.5. The SMILES string of the molecule is COc1cc(C(=O)N=NC(=O)c2ccc(O)c(OC)c2-c2cccc(C)c2)ccc1O. The minimum atomic E-state index is -0.783. The monoisotopic (exact) mass is 420 g/mol. The molecule has 0 aliphatic rings. The average molecular weight is 420 g/mol. The zero-order valence-corrected chi connectivity index (χ0v) is 17.1. The number of azo groups is 1. The van der Waals surface area contributed by atoms with Crippen molar-refractivity contribution >= 4 is 11.8 Å². The van der Waals surface area contributed by atoms with E-state index in [4.69, 9.17) is 9.47 Å². The minimum Gasteiger partial charge on any atom is -0.504 e. The van der Waals surface area contributed by atoms with Crippen LogP contribution >= 0.6 is 0 Å². The third-order valence-electron chi connectivity index (χ3n) is 4.54. The van der Waals surface area contributed by atoms with Gasteiger partial charge in [-0.05, 0) is 42.8 Å². The fourth-order valence-electron chi connectivity index (χ4n) is 3.06. The number of aryl methyl sites for hydroxylation is 1. The zero-order valence-electron chi connectivity index (χ0n) is 17.1. The molecular weight excluding hydrogens is 400 g/mol. The highest BCUT2D eigenvalue weighted by Gasteiger charge is 2.21. The molecule has 0 fully saturated rings. The van der Waals surface area contributed by atoms with Crippen LogP contribution in [-0.2, 0) is 0 Å². The molecule has 0 aliphatic heterocycles. The van der Waals surface area contributed by atoms with Crippen LogP contribution in [0.15, 0.2) is 64.8 Å². The lowest BCUT2D eigenvalue weighted by molar-refractivity contribution is 0.0947. The molecule has 3 aromatic carbocycles. The van der Waals surface area contributed by atoms with Gasteiger partial charge in [0.1, 0.15) is 0 Å². The summed E-state index contributed by atoms with van der Waals surface area (Å²) in [4.78, 5) is 25.1. The molecule has 2 amide bonds. The maximum absolute atomic E-state index is 12.8. The highest BCUT2D eigenvalue weighted by Crippen LogP contribution is 2.40. The summed E-state index contributed by atoms with van der Waals surface area (Å²) in [7, 11) is 2.73. The van der Waals surface area contributed by atoms with Crippen molar-refractivity contribution in [2.45, 2.75) is 6.92 Å². The van der Waals surface area contributed by atoms with E-state index in [-0.39, 0.29) is 34.1 Å². The summed E-state index contributed by atoms with van der Waals surface area (Å²) < 4.78 is 10.3. The topological polar surface area (TPSA) is 118 Å². The van der Waals surface area contributed by atoms with E-state index in [2.05, 4.69) is 10.2 Å². The Balaban J connectivity index is 1.99. The molecule has 0 heterocycles. The Hall–Kier alpha value is -4.20. The van der Waals surface area contributed by atoms with Crippen LogP contribution in [0.1, 0.15) is 26.3 Å². The van der Waals surface area contributed by atoms with Gasteiger partial charge in [0.25, 0.3) is 11.8 Å². The molecule has 2 N–H and O–H groups in total. The minimum absolute atomic E-state index is 0.0911. The first-order valence-corrected chi connectivity index (χ1v) is 9.20. The number of rotatable bonds is 5. The van der Waals surface area contributed by atoms with Crippen LogP contribution in [0, 0.1) is 6.92 Å². The maximum atomic E-state index is 12.8. The van der Waals surface area contributed by atoms with Gasteiger partial charge in [-0.1, -0.05) is 29.8 Å². The van der Waals surface area contributed by atoms with Crippen LogP contribution < -0.4 is 9.47 Å². The summed E-state index contributed by atoms with van der Waals surface area (Å²) in [6.45, 7) is 1.89. The predicted octanol–water partition coefficient (Wildman–Crippen LogP) is 4.52. The van der Waals surface area contributed by atoms with Crippen molar-refractivity contribution in [2.24, 2.45) is 10.2 Å². The van der Waals surface area contributed by atoms with Crippen molar-refractivity contribution in [1.82, 2.24) is 0 Å². The summed E-state index contributed by atoms with van der Waals surface area (Å²) in [5.41, 5.74) is 2.13. The van der Waals surface area contributed by atoms with E-state index in [9.17, 15) is 19.8 Å². The van der Waals surface area contributed by atoms with Gasteiger partial charge in [-0.2, -0.15) is 0 Å². The Kier molecular flexibility index (Phi) is 6.30. The first kappa shape index (κ1) is 21.5. The summed E-state index contributed by atoms with van der Waals surface area (Å²) in [6.07, 6.45) is 0. The second-order valence-electron chi connectivity index (χ2n) is 6.61.